The zero-order valence-electron chi connectivity index (χ0n) is 14.7. The maximum atomic E-state index is 13.2. The van der Waals surface area contributed by atoms with Gasteiger partial charge in [0.15, 0.2) is 17.3 Å². The highest BCUT2D eigenvalue weighted by atomic mass is 32.2. The van der Waals surface area contributed by atoms with Crippen LogP contribution in [0, 0.1) is 0 Å². The van der Waals surface area contributed by atoms with Gasteiger partial charge in [-0.1, -0.05) is 54.6 Å². The number of rotatable bonds is 3. The van der Waals surface area contributed by atoms with E-state index in [0.717, 1.165) is 6.07 Å². The van der Waals surface area contributed by atoms with E-state index in [0.29, 0.717) is 0 Å². The summed E-state index contributed by atoms with van der Waals surface area (Å²) in [5.41, 5.74) is 4.64. The summed E-state index contributed by atoms with van der Waals surface area (Å²) in [6.07, 6.45) is 0. The van der Waals surface area contributed by atoms with E-state index >= 15 is 0 Å². The first-order valence-corrected chi connectivity index (χ1v) is 9.88. The van der Waals surface area contributed by atoms with Crippen molar-refractivity contribution >= 4 is 33.2 Å². The number of benzene rings is 3. The molecule has 3 aromatic carbocycles. The number of hydrogen-bond acceptors (Lipinski definition) is 6. The van der Waals surface area contributed by atoms with Gasteiger partial charge in [-0.2, -0.15) is 8.42 Å². The van der Waals surface area contributed by atoms with Crippen LogP contribution in [-0.2, 0) is 10.1 Å². The molecule has 8 heteroatoms. The van der Waals surface area contributed by atoms with Crippen LogP contribution in [0.5, 0.6) is 0 Å². The first kappa shape index (κ1) is 18.7. The van der Waals surface area contributed by atoms with E-state index in [4.69, 9.17) is 5.73 Å². The van der Waals surface area contributed by atoms with Gasteiger partial charge in [0.25, 0.3) is 10.1 Å². The minimum atomic E-state index is -4.86. The van der Waals surface area contributed by atoms with Gasteiger partial charge in [-0.15, -0.1) is 0 Å². The van der Waals surface area contributed by atoms with Crippen LogP contribution in [-0.4, -0.2) is 30.3 Å². The molecule has 4 rings (SSSR count). The largest absolute Gasteiger partial charge is 0.397 e. The molecule has 0 spiro atoms. The van der Waals surface area contributed by atoms with E-state index in [-0.39, 0.29) is 27.8 Å². The minimum absolute atomic E-state index is 0.0438. The Morgan fingerprint density at radius 3 is 1.90 bits per heavy atom. The Morgan fingerprint density at radius 1 is 0.828 bits per heavy atom. The van der Waals surface area contributed by atoms with Crippen molar-refractivity contribution in [2.45, 2.75) is 4.90 Å². The van der Waals surface area contributed by atoms with Gasteiger partial charge in [-0.3, -0.25) is 18.9 Å². The van der Waals surface area contributed by atoms with Crippen LogP contribution in [0.3, 0.4) is 0 Å². The van der Waals surface area contributed by atoms with Crippen molar-refractivity contribution in [2.24, 2.45) is 0 Å². The molecule has 144 valence electrons. The van der Waals surface area contributed by atoms with Gasteiger partial charge in [0.1, 0.15) is 4.90 Å². The zero-order valence-corrected chi connectivity index (χ0v) is 15.6. The molecule has 29 heavy (non-hydrogen) atoms. The van der Waals surface area contributed by atoms with Gasteiger partial charge >= 0.3 is 0 Å². The van der Waals surface area contributed by atoms with Crippen molar-refractivity contribution in [2.75, 3.05) is 5.73 Å². The number of nitrogen functional groups attached to an aromatic ring is 1. The van der Waals surface area contributed by atoms with Crippen molar-refractivity contribution < 1.29 is 27.4 Å². The van der Waals surface area contributed by atoms with E-state index in [1.165, 1.54) is 24.3 Å². The average Bonchev–Trinajstić information content (AvgIpc) is 2.71. The predicted octanol–water partition coefficient (Wildman–Crippen LogP) is 2.52. The van der Waals surface area contributed by atoms with Gasteiger partial charge in [0, 0.05) is 27.8 Å². The van der Waals surface area contributed by atoms with Gasteiger partial charge < -0.3 is 5.73 Å². The summed E-state index contributed by atoms with van der Waals surface area (Å²) in [5.74, 6) is -1.99. The Balaban J connectivity index is 2.11. The predicted molar refractivity (Wildman–Crippen MR) is 104 cm³/mol. The number of ketones is 3. The fourth-order valence-corrected chi connectivity index (χ4v) is 4.08. The van der Waals surface area contributed by atoms with Crippen molar-refractivity contribution in [3.05, 3.63) is 94.0 Å². The second kappa shape index (κ2) is 6.47. The lowest BCUT2D eigenvalue weighted by Gasteiger charge is -2.22. The topological polar surface area (TPSA) is 132 Å². The molecular formula is C21H13NO6S. The molecule has 0 bridgehead atoms. The molecule has 0 radical (unpaired) electrons. The third-order valence-corrected chi connectivity index (χ3v) is 5.65. The van der Waals surface area contributed by atoms with E-state index in [1.807, 2.05) is 0 Å². The quantitative estimate of drug-likeness (QED) is 0.303. The molecular weight excluding hydrogens is 394 g/mol. The number of fused-ring (bicyclic) bond motifs is 2. The first-order valence-electron chi connectivity index (χ1n) is 8.44. The highest BCUT2D eigenvalue weighted by Gasteiger charge is 2.37. The highest BCUT2D eigenvalue weighted by molar-refractivity contribution is 7.86. The molecule has 0 aliphatic heterocycles. The molecule has 1 aliphatic rings. The molecule has 0 aromatic heterocycles. The molecule has 0 atom stereocenters. The molecule has 0 saturated heterocycles. The highest BCUT2D eigenvalue weighted by Crippen LogP contribution is 2.37. The molecule has 0 fully saturated rings. The molecule has 3 aromatic rings. The van der Waals surface area contributed by atoms with Crippen LogP contribution in [0.25, 0.3) is 0 Å². The van der Waals surface area contributed by atoms with Crippen LogP contribution in [0.15, 0.2) is 65.6 Å². The van der Waals surface area contributed by atoms with Crippen molar-refractivity contribution in [3.63, 3.8) is 0 Å². The van der Waals surface area contributed by atoms with Gasteiger partial charge in [-0.05, 0) is 6.07 Å². The molecule has 0 heterocycles. The summed E-state index contributed by atoms with van der Waals surface area (Å²) in [7, 11) is -4.86. The smallest absolute Gasteiger partial charge is 0.296 e. The summed E-state index contributed by atoms with van der Waals surface area (Å²) in [5, 5.41) is 0. The Morgan fingerprint density at radius 2 is 1.34 bits per heavy atom. The second-order valence-corrected chi connectivity index (χ2v) is 7.85. The summed E-state index contributed by atoms with van der Waals surface area (Å²) in [4.78, 5) is 38.5. The fourth-order valence-electron chi connectivity index (χ4n) is 3.43. The minimum Gasteiger partial charge on any atom is -0.397 e. The maximum absolute atomic E-state index is 13.2. The number of carbonyl (C=O) groups excluding carboxylic acids is 3. The normalized spacial score (nSPS) is 13.0. The monoisotopic (exact) mass is 407 g/mol. The Hall–Kier alpha value is -3.62. The van der Waals surface area contributed by atoms with Gasteiger partial charge in [0.2, 0.25) is 0 Å². The van der Waals surface area contributed by atoms with Crippen molar-refractivity contribution in [1.82, 2.24) is 0 Å². The number of carbonyl (C=O) groups is 3. The van der Waals surface area contributed by atoms with E-state index in [2.05, 4.69) is 0 Å². The molecule has 0 amide bonds. The second-order valence-electron chi connectivity index (χ2n) is 6.46. The Kier molecular flexibility index (Phi) is 4.18. The summed E-state index contributed by atoms with van der Waals surface area (Å²) < 4.78 is 33.3. The third-order valence-electron chi connectivity index (χ3n) is 4.76. The first-order chi connectivity index (χ1) is 13.7. The Bertz CT molecular complexity index is 1330. The van der Waals surface area contributed by atoms with E-state index in [1.54, 1.807) is 30.3 Å². The number of nitrogens with two attached hydrogens (primary N) is 1. The molecule has 1 aliphatic carbocycles. The van der Waals surface area contributed by atoms with Crippen LogP contribution >= 0.6 is 0 Å². The molecule has 3 N–H and O–H groups in total. The average molecular weight is 407 g/mol. The van der Waals surface area contributed by atoms with Gasteiger partial charge in [0.05, 0.1) is 11.3 Å². The van der Waals surface area contributed by atoms with E-state index in [9.17, 15) is 27.4 Å². The fraction of sp³-hybridized carbons (Fsp3) is 0. The van der Waals surface area contributed by atoms with Crippen LogP contribution < -0.4 is 5.73 Å². The van der Waals surface area contributed by atoms with Crippen molar-refractivity contribution in [3.8, 4) is 0 Å². The lowest BCUT2D eigenvalue weighted by Crippen LogP contribution is -2.27. The lowest BCUT2D eigenvalue weighted by atomic mass is 9.79. The van der Waals surface area contributed by atoms with Crippen LogP contribution in [0.2, 0.25) is 0 Å². The van der Waals surface area contributed by atoms with Crippen LogP contribution in [0.4, 0.5) is 5.69 Å². The van der Waals surface area contributed by atoms with Gasteiger partial charge in [-0.25, -0.2) is 0 Å². The molecule has 0 saturated carbocycles. The molecule has 7 nitrogen and oxygen atoms in total. The SMILES string of the molecule is Nc1c(S(=O)(=O)O)cc(C(=O)c2ccccc2)c2c1C(=O)c1ccccc1C2=O. The number of hydrogen-bond donors (Lipinski definition) is 2. The standard InChI is InChI=1S/C21H13NO6S/c22-18-15(29(26,27)28)10-14(19(23)11-6-2-1-3-7-11)16-17(18)21(25)13-9-5-4-8-12(13)20(16)24/h1-10H,22H2,(H,26,27,28). The summed E-state index contributed by atoms with van der Waals surface area (Å²) in [6.45, 7) is 0. The van der Waals surface area contributed by atoms with E-state index < -0.39 is 43.6 Å². The Labute approximate surface area is 165 Å². The third kappa shape index (κ3) is 2.86. The summed E-state index contributed by atoms with van der Waals surface area (Å²) in [6, 6.07) is 14.7. The van der Waals surface area contributed by atoms with Crippen LogP contribution in [0.1, 0.15) is 47.8 Å². The maximum Gasteiger partial charge on any atom is 0.296 e. The van der Waals surface area contributed by atoms with Crippen molar-refractivity contribution in [1.29, 1.82) is 0 Å². The summed E-state index contributed by atoms with van der Waals surface area (Å²) >= 11 is 0. The lowest BCUT2D eigenvalue weighted by molar-refractivity contribution is 0.0971. The zero-order chi connectivity index (χ0) is 20.9. The number of anilines is 1. The molecule has 0 unspecified atom stereocenters.